The summed E-state index contributed by atoms with van der Waals surface area (Å²) in [6.07, 6.45) is 0. The largest absolute Gasteiger partial charge is 0.497 e. The van der Waals surface area contributed by atoms with E-state index >= 15 is 0 Å². The average molecular weight is 268 g/mol. The summed E-state index contributed by atoms with van der Waals surface area (Å²) in [7, 11) is 1.58. The molecule has 0 aliphatic rings. The van der Waals surface area contributed by atoms with Gasteiger partial charge in [-0.3, -0.25) is 10.2 Å². The number of hydrogen-bond acceptors (Lipinski definition) is 3. The Morgan fingerprint density at radius 3 is 2.35 bits per heavy atom. The van der Waals surface area contributed by atoms with E-state index in [-0.39, 0.29) is 11.6 Å². The molecule has 0 saturated carbocycles. The molecule has 0 aliphatic heterocycles. The molecule has 0 bridgehead atoms. The van der Waals surface area contributed by atoms with Crippen LogP contribution in [0.3, 0.4) is 0 Å². The molecule has 4 nitrogen and oxygen atoms in total. The van der Waals surface area contributed by atoms with Crippen LogP contribution in [0, 0.1) is 5.41 Å². The highest BCUT2D eigenvalue weighted by Crippen LogP contribution is 2.11. The summed E-state index contributed by atoms with van der Waals surface area (Å²) in [6.45, 7) is 0.415. The van der Waals surface area contributed by atoms with Crippen LogP contribution < -0.4 is 10.1 Å². The number of carbonyl (C=O) groups excluding carboxylic acids is 1. The number of ether oxygens (including phenoxy) is 1. The first-order valence-electron chi connectivity index (χ1n) is 6.26. The zero-order valence-corrected chi connectivity index (χ0v) is 11.2. The van der Waals surface area contributed by atoms with Gasteiger partial charge >= 0.3 is 0 Å². The Labute approximate surface area is 117 Å². The van der Waals surface area contributed by atoms with Crippen LogP contribution in [0.25, 0.3) is 0 Å². The van der Waals surface area contributed by atoms with Gasteiger partial charge in [0.25, 0.3) is 5.91 Å². The van der Waals surface area contributed by atoms with E-state index in [1.54, 1.807) is 31.4 Å². The molecule has 0 spiro atoms. The Kier molecular flexibility index (Phi) is 4.50. The third kappa shape index (κ3) is 3.45. The normalized spacial score (nSPS) is 9.85. The van der Waals surface area contributed by atoms with E-state index in [2.05, 4.69) is 5.32 Å². The Morgan fingerprint density at radius 2 is 1.75 bits per heavy atom. The zero-order valence-electron chi connectivity index (χ0n) is 11.2. The molecule has 1 amide bonds. The number of hydrogen-bond donors (Lipinski definition) is 2. The number of nitrogens with one attached hydrogen (secondary N) is 2. The van der Waals surface area contributed by atoms with Crippen molar-refractivity contribution < 1.29 is 9.53 Å². The molecule has 0 heterocycles. The van der Waals surface area contributed by atoms with Gasteiger partial charge in [-0.25, -0.2) is 0 Å². The Bertz CT molecular complexity index is 592. The molecule has 20 heavy (non-hydrogen) atoms. The fourth-order valence-electron chi connectivity index (χ4n) is 1.76. The third-order valence-electron chi connectivity index (χ3n) is 2.90. The third-order valence-corrected chi connectivity index (χ3v) is 2.90. The first-order valence-corrected chi connectivity index (χ1v) is 6.26. The lowest BCUT2D eigenvalue weighted by Gasteiger charge is -2.07. The van der Waals surface area contributed by atoms with Crippen molar-refractivity contribution in [3.63, 3.8) is 0 Å². The van der Waals surface area contributed by atoms with Crippen molar-refractivity contribution in [1.82, 2.24) is 5.32 Å². The van der Waals surface area contributed by atoms with Gasteiger partial charge in [-0.1, -0.05) is 30.3 Å². The molecule has 0 atom stereocenters. The van der Waals surface area contributed by atoms with E-state index in [1.165, 1.54) is 0 Å². The predicted octanol–water partition coefficient (Wildman–Crippen LogP) is 2.38. The lowest BCUT2D eigenvalue weighted by atomic mass is 10.1. The maximum Gasteiger partial charge on any atom is 0.270 e. The van der Waals surface area contributed by atoms with Crippen molar-refractivity contribution in [3.8, 4) is 5.75 Å². The molecule has 0 aliphatic carbocycles. The molecule has 0 fully saturated rings. The number of carbonyl (C=O) groups is 1. The average Bonchev–Trinajstić information content (AvgIpc) is 2.53. The van der Waals surface area contributed by atoms with E-state index in [1.807, 2.05) is 30.3 Å². The first kappa shape index (κ1) is 13.8. The lowest BCUT2D eigenvalue weighted by molar-refractivity contribution is -0.114. The molecule has 0 unspecified atom stereocenters. The molecule has 102 valence electrons. The smallest absolute Gasteiger partial charge is 0.270 e. The summed E-state index contributed by atoms with van der Waals surface area (Å²) in [6, 6.07) is 16.5. The fourth-order valence-corrected chi connectivity index (χ4v) is 1.76. The topological polar surface area (TPSA) is 62.2 Å². The van der Waals surface area contributed by atoms with Crippen molar-refractivity contribution in [2.45, 2.75) is 6.54 Å². The van der Waals surface area contributed by atoms with Crippen LogP contribution in [-0.2, 0) is 11.3 Å². The molecular weight excluding hydrogens is 252 g/mol. The highest BCUT2D eigenvalue weighted by molar-refractivity contribution is 6.44. The highest BCUT2D eigenvalue weighted by atomic mass is 16.5. The van der Waals surface area contributed by atoms with E-state index in [0.29, 0.717) is 17.9 Å². The van der Waals surface area contributed by atoms with Crippen molar-refractivity contribution >= 4 is 11.6 Å². The Balaban J connectivity index is 1.96. The molecule has 2 aromatic rings. The summed E-state index contributed by atoms with van der Waals surface area (Å²) in [4.78, 5) is 11.9. The van der Waals surface area contributed by atoms with Crippen molar-refractivity contribution in [2.24, 2.45) is 0 Å². The second-order valence-electron chi connectivity index (χ2n) is 4.27. The van der Waals surface area contributed by atoms with Crippen molar-refractivity contribution in [3.05, 3.63) is 65.7 Å². The molecule has 0 saturated heterocycles. The summed E-state index contributed by atoms with van der Waals surface area (Å²) in [5.41, 5.74) is 1.52. The second kappa shape index (κ2) is 6.52. The SMILES string of the molecule is COc1ccc(C(=N)C(=O)NCc2ccccc2)cc1. The van der Waals surface area contributed by atoms with Gasteiger partial charge in [0, 0.05) is 12.1 Å². The highest BCUT2D eigenvalue weighted by Gasteiger charge is 2.11. The first-order chi connectivity index (χ1) is 9.70. The van der Waals surface area contributed by atoms with Crippen LogP contribution in [0.15, 0.2) is 54.6 Å². The van der Waals surface area contributed by atoms with Crippen LogP contribution in [0.4, 0.5) is 0 Å². The molecular formula is C16H16N2O2. The molecule has 2 rings (SSSR count). The summed E-state index contributed by atoms with van der Waals surface area (Å²) >= 11 is 0. The van der Waals surface area contributed by atoms with Crippen LogP contribution in [0.1, 0.15) is 11.1 Å². The van der Waals surface area contributed by atoms with Gasteiger partial charge in [0.2, 0.25) is 0 Å². The fraction of sp³-hybridized carbons (Fsp3) is 0.125. The van der Waals surface area contributed by atoms with Gasteiger partial charge < -0.3 is 10.1 Å². The molecule has 2 N–H and O–H groups in total. The minimum absolute atomic E-state index is 0.0522. The number of methoxy groups -OCH3 is 1. The molecule has 2 aromatic carbocycles. The Morgan fingerprint density at radius 1 is 1.10 bits per heavy atom. The van der Waals surface area contributed by atoms with Crippen LogP contribution in [0.2, 0.25) is 0 Å². The second-order valence-corrected chi connectivity index (χ2v) is 4.27. The van der Waals surface area contributed by atoms with E-state index < -0.39 is 0 Å². The van der Waals surface area contributed by atoms with Crippen molar-refractivity contribution in [2.75, 3.05) is 7.11 Å². The van der Waals surface area contributed by atoms with E-state index in [9.17, 15) is 4.79 Å². The van der Waals surface area contributed by atoms with Gasteiger partial charge in [0.15, 0.2) is 0 Å². The molecule has 0 radical (unpaired) electrons. The standard InChI is InChI=1S/C16H16N2O2/c1-20-14-9-7-13(8-10-14)15(17)16(19)18-11-12-5-3-2-4-6-12/h2-10,17H,11H2,1H3,(H,18,19). The minimum atomic E-state index is -0.390. The van der Waals surface area contributed by atoms with Crippen LogP contribution in [-0.4, -0.2) is 18.7 Å². The van der Waals surface area contributed by atoms with Gasteiger partial charge in [-0.05, 0) is 29.8 Å². The van der Waals surface area contributed by atoms with Crippen molar-refractivity contribution in [1.29, 1.82) is 5.41 Å². The summed E-state index contributed by atoms with van der Waals surface area (Å²) < 4.78 is 5.04. The monoisotopic (exact) mass is 268 g/mol. The maximum atomic E-state index is 11.9. The van der Waals surface area contributed by atoms with Gasteiger partial charge in [-0.2, -0.15) is 0 Å². The zero-order chi connectivity index (χ0) is 14.4. The van der Waals surface area contributed by atoms with Gasteiger partial charge in [0.1, 0.15) is 11.5 Å². The molecule has 4 heteroatoms. The van der Waals surface area contributed by atoms with E-state index in [4.69, 9.17) is 10.1 Å². The van der Waals surface area contributed by atoms with Crippen LogP contribution >= 0.6 is 0 Å². The lowest BCUT2D eigenvalue weighted by Crippen LogP contribution is -2.30. The summed E-state index contributed by atoms with van der Waals surface area (Å²) in [5.74, 6) is 0.310. The quantitative estimate of drug-likeness (QED) is 0.818. The predicted molar refractivity (Wildman–Crippen MR) is 78.1 cm³/mol. The minimum Gasteiger partial charge on any atom is -0.497 e. The number of rotatable bonds is 5. The van der Waals surface area contributed by atoms with Crippen LogP contribution in [0.5, 0.6) is 5.75 Å². The maximum absolute atomic E-state index is 11.9. The summed E-state index contributed by atoms with van der Waals surface area (Å²) in [5, 5.41) is 10.6. The van der Waals surface area contributed by atoms with Gasteiger partial charge in [-0.15, -0.1) is 0 Å². The Hall–Kier alpha value is -2.62. The van der Waals surface area contributed by atoms with E-state index in [0.717, 1.165) is 5.56 Å². The number of benzene rings is 2. The number of amides is 1. The molecule has 0 aromatic heterocycles. The van der Waals surface area contributed by atoms with Gasteiger partial charge in [0.05, 0.1) is 7.11 Å².